The number of nitrogens with zero attached hydrogens (tertiary/aromatic N) is 2. The van der Waals surface area contributed by atoms with Gasteiger partial charge in [-0.3, -0.25) is 0 Å². The zero-order valence-corrected chi connectivity index (χ0v) is 14.3. The lowest BCUT2D eigenvalue weighted by molar-refractivity contribution is 0.0414. The van der Waals surface area contributed by atoms with E-state index in [1.54, 1.807) is 7.05 Å². The van der Waals surface area contributed by atoms with Crippen LogP contribution in [0.25, 0.3) is 0 Å². The van der Waals surface area contributed by atoms with Crippen LogP contribution in [0.2, 0.25) is 0 Å². The number of carbonyl (C=O) groups excluding carboxylic acids is 2. The molecule has 0 saturated carbocycles. The second-order valence-corrected chi connectivity index (χ2v) is 5.68. The lowest BCUT2D eigenvalue weighted by atomic mass is 10.2. The number of aryl methyl sites for hydroxylation is 1. The average molecular weight is 350 g/mol. The molecule has 0 unspecified atom stereocenters. The Morgan fingerprint density at radius 2 is 1.35 bits per heavy atom. The summed E-state index contributed by atoms with van der Waals surface area (Å²) in [5.41, 5.74) is 1.72. The van der Waals surface area contributed by atoms with Crippen molar-refractivity contribution in [3.63, 3.8) is 0 Å². The molecule has 3 rings (SSSR count). The topological polar surface area (TPSA) is 70.4 Å². The van der Waals surface area contributed by atoms with Gasteiger partial charge in [0.2, 0.25) is 0 Å². The van der Waals surface area contributed by atoms with Crippen LogP contribution in [0, 0.1) is 0 Å². The molecule has 6 nitrogen and oxygen atoms in total. The number of hydrogen-bond donors (Lipinski definition) is 0. The first kappa shape index (κ1) is 17.4. The van der Waals surface area contributed by atoms with Crippen molar-refractivity contribution in [1.29, 1.82) is 0 Å². The fraction of sp³-hybridized carbons (Fsp3) is 0.150. The molecule has 2 aromatic carbocycles. The van der Waals surface area contributed by atoms with Gasteiger partial charge in [-0.05, 0) is 11.1 Å². The van der Waals surface area contributed by atoms with Gasteiger partial charge < -0.3 is 14.0 Å². The third kappa shape index (κ3) is 4.16. The van der Waals surface area contributed by atoms with E-state index in [4.69, 9.17) is 9.47 Å². The predicted molar refractivity (Wildman–Crippen MR) is 94.3 cm³/mol. The minimum atomic E-state index is -0.666. The zero-order valence-electron chi connectivity index (χ0n) is 14.3. The van der Waals surface area contributed by atoms with E-state index in [1.165, 1.54) is 10.9 Å². The molecule has 3 aromatic rings. The van der Waals surface area contributed by atoms with Gasteiger partial charge in [0.25, 0.3) is 0 Å². The first-order valence-electron chi connectivity index (χ1n) is 8.08. The quantitative estimate of drug-likeness (QED) is 0.639. The second kappa shape index (κ2) is 8.11. The normalized spacial score (nSPS) is 10.3. The van der Waals surface area contributed by atoms with Gasteiger partial charge in [-0.1, -0.05) is 60.7 Å². The predicted octanol–water partition coefficient (Wildman–Crippen LogP) is 3.13. The first-order valence-corrected chi connectivity index (χ1v) is 8.08. The van der Waals surface area contributed by atoms with Crippen LogP contribution in [0.4, 0.5) is 0 Å². The van der Waals surface area contributed by atoms with E-state index < -0.39 is 11.9 Å². The largest absolute Gasteiger partial charge is 0.456 e. The molecule has 1 aromatic heterocycles. The highest BCUT2D eigenvalue weighted by molar-refractivity contribution is 6.00. The SMILES string of the molecule is Cn1cnc(C(=O)OCc2ccccc2)c1C(=O)OCc1ccccc1. The van der Waals surface area contributed by atoms with Gasteiger partial charge in [-0.2, -0.15) is 0 Å². The summed E-state index contributed by atoms with van der Waals surface area (Å²) in [6.07, 6.45) is 1.39. The molecule has 0 saturated heterocycles. The van der Waals surface area contributed by atoms with E-state index in [1.807, 2.05) is 60.7 Å². The van der Waals surface area contributed by atoms with Gasteiger partial charge in [0.05, 0.1) is 6.33 Å². The van der Waals surface area contributed by atoms with Crippen LogP contribution in [-0.2, 0) is 29.7 Å². The number of esters is 2. The highest BCUT2D eigenvalue weighted by Crippen LogP contribution is 2.13. The summed E-state index contributed by atoms with van der Waals surface area (Å²) in [5.74, 6) is -1.29. The minimum absolute atomic E-state index is 0.0542. The molecule has 6 heteroatoms. The highest BCUT2D eigenvalue weighted by Gasteiger charge is 2.25. The van der Waals surface area contributed by atoms with Crippen molar-refractivity contribution in [2.24, 2.45) is 7.05 Å². The van der Waals surface area contributed by atoms with Crippen LogP contribution in [-0.4, -0.2) is 21.5 Å². The summed E-state index contributed by atoms with van der Waals surface area (Å²) < 4.78 is 12.0. The lowest BCUT2D eigenvalue weighted by Crippen LogP contribution is -2.16. The molecule has 0 aliphatic carbocycles. The van der Waals surface area contributed by atoms with Crippen LogP contribution in [0.15, 0.2) is 67.0 Å². The van der Waals surface area contributed by atoms with Gasteiger partial charge in [-0.25, -0.2) is 14.6 Å². The standard InChI is InChI=1S/C20H18N2O4/c1-22-14-21-17(19(23)25-12-15-8-4-2-5-9-15)18(22)20(24)26-13-16-10-6-3-7-11-16/h2-11,14H,12-13H2,1H3. The molecule has 0 spiro atoms. The van der Waals surface area contributed by atoms with E-state index >= 15 is 0 Å². The summed E-state index contributed by atoms with van der Waals surface area (Å²) >= 11 is 0. The van der Waals surface area contributed by atoms with Crippen molar-refractivity contribution in [2.45, 2.75) is 13.2 Å². The Balaban J connectivity index is 1.67. The zero-order chi connectivity index (χ0) is 18.4. The number of carbonyl (C=O) groups is 2. The van der Waals surface area contributed by atoms with Crippen LogP contribution in [0.3, 0.4) is 0 Å². The Labute approximate surface area is 151 Å². The second-order valence-electron chi connectivity index (χ2n) is 5.68. The lowest BCUT2D eigenvalue weighted by Gasteiger charge is -2.08. The van der Waals surface area contributed by atoms with E-state index in [2.05, 4.69) is 4.98 Å². The van der Waals surface area contributed by atoms with Crippen LogP contribution < -0.4 is 0 Å². The summed E-state index contributed by atoms with van der Waals surface area (Å²) in [6.45, 7) is 0.220. The Morgan fingerprint density at radius 3 is 1.88 bits per heavy atom. The molecule has 0 amide bonds. The molecule has 132 valence electrons. The van der Waals surface area contributed by atoms with Crippen molar-refractivity contribution < 1.29 is 19.1 Å². The third-order valence-electron chi connectivity index (χ3n) is 3.75. The van der Waals surface area contributed by atoms with Crippen molar-refractivity contribution in [3.05, 3.63) is 89.5 Å². The highest BCUT2D eigenvalue weighted by atomic mass is 16.5. The van der Waals surface area contributed by atoms with Crippen molar-refractivity contribution in [1.82, 2.24) is 9.55 Å². The number of benzene rings is 2. The Kier molecular flexibility index (Phi) is 5.43. The van der Waals surface area contributed by atoms with E-state index in [0.29, 0.717) is 0 Å². The molecule has 0 aliphatic heterocycles. The van der Waals surface area contributed by atoms with Crippen LogP contribution in [0.5, 0.6) is 0 Å². The van der Waals surface area contributed by atoms with E-state index in [0.717, 1.165) is 11.1 Å². The van der Waals surface area contributed by atoms with E-state index in [9.17, 15) is 9.59 Å². The molecule has 0 fully saturated rings. The number of rotatable bonds is 6. The molecule has 0 radical (unpaired) electrons. The van der Waals surface area contributed by atoms with Gasteiger partial charge in [0.15, 0.2) is 11.4 Å². The number of imidazole rings is 1. The van der Waals surface area contributed by atoms with Crippen LogP contribution in [0.1, 0.15) is 32.1 Å². The number of aromatic nitrogens is 2. The molecule has 0 N–H and O–H groups in total. The smallest absolute Gasteiger partial charge is 0.359 e. The van der Waals surface area contributed by atoms with Gasteiger partial charge >= 0.3 is 11.9 Å². The third-order valence-corrected chi connectivity index (χ3v) is 3.75. The maximum atomic E-state index is 12.4. The Bertz CT molecular complexity index is 889. The molecular formula is C20H18N2O4. The molecular weight excluding hydrogens is 332 g/mol. The summed E-state index contributed by atoms with van der Waals surface area (Å²) in [6, 6.07) is 18.6. The van der Waals surface area contributed by atoms with Gasteiger partial charge in [-0.15, -0.1) is 0 Å². The molecule has 26 heavy (non-hydrogen) atoms. The molecule has 0 aliphatic rings. The summed E-state index contributed by atoms with van der Waals surface area (Å²) in [4.78, 5) is 28.7. The van der Waals surface area contributed by atoms with E-state index in [-0.39, 0.29) is 24.6 Å². The van der Waals surface area contributed by atoms with Crippen molar-refractivity contribution in [2.75, 3.05) is 0 Å². The van der Waals surface area contributed by atoms with Crippen molar-refractivity contribution in [3.8, 4) is 0 Å². The van der Waals surface area contributed by atoms with Crippen LogP contribution >= 0.6 is 0 Å². The molecule has 0 bridgehead atoms. The summed E-state index contributed by atoms with van der Waals surface area (Å²) in [5, 5.41) is 0. The Morgan fingerprint density at radius 1 is 0.846 bits per heavy atom. The molecule has 0 atom stereocenters. The average Bonchev–Trinajstić information content (AvgIpc) is 3.07. The summed E-state index contributed by atoms with van der Waals surface area (Å²) in [7, 11) is 1.63. The Hall–Kier alpha value is -3.41. The molecule has 1 heterocycles. The fourth-order valence-corrected chi connectivity index (χ4v) is 2.40. The first-order chi connectivity index (χ1) is 12.6. The monoisotopic (exact) mass is 350 g/mol. The minimum Gasteiger partial charge on any atom is -0.456 e. The van der Waals surface area contributed by atoms with Gasteiger partial charge in [0, 0.05) is 7.05 Å². The number of hydrogen-bond acceptors (Lipinski definition) is 5. The van der Waals surface area contributed by atoms with Gasteiger partial charge in [0.1, 0.15) is 13.2 Å². The number of ether oxygens (including phenoxy) is 2. The maximum absolute atomic E-state index is 12.4. The fourth-order valence-electron chi connectivity index (χ4n) is 2.40. The van der Waals surface area contributed by atoms with Crippen molar-refractivity contribution >= 4 is 11.9 Å². The maximum Gasteiger partial charge on any atom is 0.359 e.